The first kappa shape index (κ1) is 86.1. The van der Waals surface area contributed by atoms with Gasteiger partial charge in [-0.15, -0.1) is 0 Å². The summed E-state index contributed by atoms with van der Waals surface area (Å²) < 4.78 is 67.9. The fourth-order valence-electron chi connectivity index (χ4n) is 10.4. The van der Waals surface area contributed by atoms with Crippen LogP contribution in [-0.2, 0) is 65.4 Å². The molecule has 0 aromatic heterocycles. The molecule has 0 aliphatic carbocycles. The zero-order valence-corrected chi connectivity index (χ0v) is 58.8. The Balaban J connectivity index is 5.12. The van der Waals surface area contributed by atoms with Gasteiger partial charge in [0.25, 0.3) is 0 Å². The predicted molar refractivity (Wildman–Crippen MR) is 354 cm³/mol. The summed E-state index contributed by atoms with van der Waals surface area (Å²) in [7, 11) is -9.88. The van der Waals surface area contributed by atoms with Crippen LogP contribution < -0.4 is 0 Å². The molecule has 0 heterocycles. The number of unbranched alkanes of at least 4 members (excludes halogenated alkanes) is 38. The van der Waals surface area contributed by atoms with Gasteiger partial charge in [0, 0.05) is 25.7 Å². The van der Waals surface area contributed by atoms with E-state index in [9.17, 15) is 43.2 Å². The van der Waals surface area contributed by atoms with Crippen LogP contribution >= 0.6 is 15.6 Å². The van der Waals surface area contributed by atoms with Crippen molar-refractivity contribution in [2.75, 3.05) is 39.6 Å². The van der Waals surface area contributed by atoms with Gasteiger partial charge in [0.15, 0.2) is 12.2 Å². The third-order valence-electron chi connectivity index (χ3n) is 16.0. The van der Waals surface area contributed by atoms with Crippen LogP contribution in [0.1, 0.15) is 350 Å². The third-order valence-corrected chi connectivity index (χ3v) is 17.9. The van der Waals surface area contributed by atoms with E-state index in [4.69, 9.17) is 37.0 Å². The van der Waals surface area contributed by atoms with Crippen molar-refractivity contribution in [1.82, 2.24) is 0 Å². The second-order valence-corrected chi connectivity index (χ2v) is 28.8. The first-order valence-corrected chi connectivity index (χ1v) is 39.0. The third kappa shape index (κ3) is 62.8. The molecule has 5 atom stereocenters. The smallest absolute Gasteiger partial charge is 0.462 e. The quantitative estimate of drug-likeness (QED) is 0.0222. The normalized spacial score (nSPS) is 14.2. The van der Waals surface area contributed by atoms with Gasteiger partial charge < -0.3 is 33.8 Å². The second kappa shape index (κ2) is 61.3. The van der Waals surface area contributed by atoms with E-state index in [1.54, 1.807) is 0 Å². The molecule has 0 bridgehead atoms. The van der Waals surface area contributed by atoms with Crippen LogP contribution in [0.4, 0.5) is 0 Å². The van der Waals surface area contributed by atoms with Crippen LogP contribution in [0, 0.1) is 11.8 Å². The Labute approximate surface area is 537 Å². The Morgan fingerprint density at radius 3 is 0.773 bits per heavy atom. The number of hydrogen-bond donors (Lipinski definition) is 3. The summed E-state index contributed by atoms with van der Waals surface area (Å²) in [5, 5.41) is 10.5. The van der Waals surface area contributed by atoms with E-state index in [1.807, 2.05) is 0 Å². The summed E-state index contributed by atoms with van der Waals surface area (Å²) >= 11 is 0. The SMILES string of the molecule is CCCCCCCCCCC(=O)O[C@H](COC(=O)CCCCCCC)COP(=O)(O)OC[C@H](O)COP(=O)(O)OC[C@@H](COC(=O)CCCCCCCCCCCCCCCC(C)C)OC(=O)CCCCCCCCCCCCCCCCCCC(C)C. The summed E-state index contributed by atoms with van der Waals surface area (Å²) in [5.74, 6) is -0.539. The van der Waals surface area contributed by atoms with Gasteiger partial charge >= 0.3 is 39.5 Å². The van der Waals surface area contributed by atoms with Gasteiger partial charge in [-0.1, -0.05) is 298 Å². The van der Waals surface area contributed by atoms with Crippen molar-refractivity contribution in [2.24, 2.45) is 11.8 Å². The number of carbonyl (C=O) groups excluding carboxylic acids is 4. The summed E-state index contributed by atoms with van der Waals surface area (Å²) in [6.07, 6.45) is 46.3. The van der Waals surface area contributed by atoms with E-state index < -0.39 is 97.5 Å². The van der Waals surface area contributed by atoms with Crippen molar-refractivity contribution in [3.05, 3.63) is 0 Å². The number of rotatable bonds is 68. The second-order valence-electron chi connectivity index (χ2n) is 25.9. The van der Waals surface area contributed by atoms with Crippen molar-refractivity contribution in [3.8, 4) is 0 Å². The Bertz CT molecular complexity index is 1720. The van der Waals surface area contributed by atoms with E-state index in [2.05, 4.69) is 41.5 Å². The molecule has 522 valence electrons. The molecule has 17 nitrogen and oxygen atoms in total. The molecule has 88 heavy (non-hydrogen) atoms. The van der Waals surface area contributed by atoms with Crippen molar-refractivity contribution in [2.45, 2.75) is 368 Å². The largest absolute Gasteiger partial charge is 0.472 e. The zero-order valence-electron chi connectivity index (χ0n) is 57.0. The molecule has 19 heteroatoms. The topological polar surface area (TPSA) is 237 Å². The molecule has 0 aromatic rings. The molecule has 0 fully saturated rings. The molecule has 0 spiro atoms. The molecular weight excluding hydrogens is 1160 g/mol. The highest BCUT2D eigenvalue weighted by Crippen LogP contribution is 2.45. The fraction of sp³-hybridized carbons (Fsp3) is 0.942. The molecule has 0 aliphatic rings. The maximum absolute atomic E-state index is 13.0. The number of phosphoric acid groups is 2. The molecule has 3 N–H and O–H groups in total. The van der Waals surface area contributed by atoms with E-state index in [0.29, 0.717) is 25.7 Å². The standard InChI is InChI=1S/C69H134O17P2/c1-7-9-11-13-14-34-41-47-53-68(73)85-64(57-79-66(71)51-45-37-12-10-8-2)59-83-87(75,76)81-55-63(70)56-82-88(77,78)84-60-65(58-80-67(72)52-46-40-35-30-26-23-19-21-25-29-33-39-44-50-62(5)6)86-69(74)54-48-42-36-31-27-22-18-16-15-17-20-24-28-32-38-43-49-61(3)4/h61-65,70H,7-60H2,1-6H3,(H,75,76)(H,77,78)/t63-,64+,65+/m0/s1. The minimum absolute atomic E-state index is 0.104. The summed E-state index contributed by atoms with van der Waals surface area (Å²) in [5.41, 5.74) is 0. The van der Waals surface area contributed by atoms with Crippen LogP contribution in [0.15, 0.2) is 0 Å². The van der Waals surface area contributed by atoms with Crippen LogP contribution in [0.3, 0.4) is 0 Å². The summed E-state index contributed by atoms with van der Waals surface area (Å²) in [6.45, 7) is 9.47. The highest BCUT2D eigenvalue weighted by Gasteiger charge is 2.30. The zero-order chi connectivity index (χ0) is 65.0. The lowest BCUT2D eigenvalue weighted by molar-refractivity contribution is -0.161. The Hall–Kier alpha value is -1.94. The molecule has 0 aliphatic heterocycles. The van der Waals surface area contributed by atoms with Gasteiger partial charge in [0.1, 0.15) is 19.3 Å². The number of aliphatic hydroxyl groups excluding tert-OH is 1. The van der Waals surface area contributed by atoms with Gasteiger partial charge in [-0.05, 0) is 37.5 Å². The molecule has 0 radical (unpaired) electrons. The van der Waals surface area contributed by atoms with Crippen LogP contribution in [0.25, 0.3) is 0 Å². The predicted octanol–water partition coefficient (Wildman–Crippen LogP) is 19.6. The van der Waals surface area contributed by atoms with Crippen LogP contribution in [0.2, 0.25) is 0 Å². The molecule has 2 unspecified atom stereocenters. The number of esters is 4. The number of phosphoric ester groups is 2. The molecule has 0 amide bonds. The van der Waals surface area contributed by atoms with Gasteiger partial charge in [0.2, 0.25) is 0 Å². The van der Waals surface area contributed by atoms with E-state index in [-0.39, 0.29) is 25.7 Å². The van der Waals surface area contributed by atoms with Crippen LogP contribution in [-0.4, -0.2) is 96.7 Å². The van der Waals surface area contributed by atoms with Crippen molar-refractivity contribution in [1.29, 1.82) is 0 Å². The summed E-state index contributed by atoms with van der Waals surface area (Å²) in [6, 6.07) is 0. The Morgan fingerprint density at radius 2 is 0.523 bits per heavy atom. The van der Waals surface area contributed by atoms with Gasteiger partial charge in [-0.25, -0.2) is 9.13 Å². The first-order valence-electron chi connectivity index (χ1n) is 36.0. The van der Waals surface area contributed by atoms with Crippen molar-refractivity contribution in [3.63, 3.8) is 0 Å². The monoisotopic (exact) mass is 1300 g/mol. The van der Waals surface area contributed by atoms with E-state index >= 15 is 0 Å². The average Bonchev–Trinajstić information content (AvgIpc) is 3.60. The van der Waals surface area contributed by atoms with Gasteiger partial charge in [-0.3, -0.25) is 37.3 Å². The lowest BCUT2D eigenvalue weighted by Gasteiger charge is -2.21. The van der Waals surface area contributed by atoms with Crippen molar-refractivity contribution >= 4 is 39.5 Å². The highest BCUT2D eigenvalue weighted by atomic mass is 31.2. The number of hydrogen-bond acceptors (Lipinski definition) is 15. The minimum atomic E-state index is -4.95. The minimum Gasteiger partial charge on any atom is -0.462 e. The number of aliphatic hydroxyl groups is 1. The molecule has 0 rings (SSSR count). The summed E-state index contributed by atoms with van der Waals surface area (Å²) in [4.78, 5) is 72.1. The lowest BCUT2D eigenvalue weighted by Crippen LogP contribution is -2.30. The average molecular weight is 1300 g/mol. The fourth-order valence-corrected chi connectivity index (χ4v) is 12.0. The Kier molecular flexibility index (Phi) is 59.9. The molecule has 0 saturated heterocycles. The Morgan fingerprint density at radius 1 is 0.307 bits per heavy atom. The van der Waals surface area contributed by atoms with Gasteiger partial charge in [-0.2, -0.15) is 0 Å². The maximum Gasteiger partial charge on any atom is 0.472 e. The first-order chi connectivity index (χ1) is 42.4. The van der Waals surface area contributed by atoms with Crippen LogP contribution in [0.5, 0.6) is 0 Å². The molecule has 0 aromatic carbocycles. The highest BCUT2D eigenvalue weighted by molar-refractivity contribution is 7.47. The lowest BCUT2D eigenvalue weighted by atomic mass is 10.0. The number of carbonyl (C=O) groups is 4. The maximum atomic E-state index is 13.0. The molecule has 0 saturated carbocycles. The molecular formula is C69H134O17P2. The van der Waals surface area contributed by atoms with E-state index in [1.165, 1.54) is 154 Å². The van der Waals surface area contributed by atoms with E-state index in [0.717, 1.165) is 115 Å². The number of ether oxygens (including phenoxy) is 4. The van der Waals surface area contributed by atoms with Crippen molar-refractivity contribution < 1.29 is 80.2 Å². The van der Waals surface area contributed by atoms with Gasteiger partial charge in [0.05, 0.1) is 26.4 Å².